The molecule has 0 saturated carbocycles. The maximum Gasteiger partial charge on any atom is 0.310 e. The zero-order valence-corrected chi connectivity index (χ0v) is 8.97. The topological polar surface area (TPSA) is 75.3 Å². The van der Waals surface area contributed by atoms with Gasteiger partial charge in [-0.3, -0.25) is 9.59 Å². The van der Waals surface area contributed by atoms with Gasteiger partial charge in [0.1, 0.15) is 5.82 Å². The third-order valence-electron chi connectivity index (χ3n) is 2.64. The molecular formula is C10H13N3O3. The van der Waals surface area contributed by atoms with Crippen molar-refractivity contribution in [1.82, 2.24) is 14.9 Å². The highest BCUT2D eigenvalue weighted by atomic mass is 16.5. The normalized spacial score (nSPS) is 20.2. The van der Waals surface area contributed by atoms with Crippen LogP contribution in [0, 0.1) is 5.92 Å². The number of rotatable bonds is 3. The minimum absolute atomic E-state index is 0.0354. The fraction of sp³-hybridized carbons (Fsp3) is 0.500. The third-order valence-corrected chi connectivity index (χ3v) is 2.64. The van der Waals surface area contributed by atoms with E-state index in [2.05, 4.69) is 14.7 Å². The number of carbonyl (C=O) groups excluding carboxylic acids is 2. The molecule has 16 heavy (non-hydrogen) atoms. The highest BCUT2D eigenvalue weighted by molar-refractivity contribution is 5.86. The summed E-state index contributed by atoms with van der Waals surface area (Å²) in [5.74, 6) is 0.0217. The second-order valence-corrected chi connectivity index (χ2v) is 3.73. The van der Waals surface area contributed by atoms with Gasteiger partial charge in [-0.25, -0.2) is 4.98 Å². The zero-order chi connectivity index (χ0) is 11.5. The number of hydrogen-bond acceptors (Lipinski definition) is 4. The number of esters is 1. The van der Waals surface area contributed by atoms with E-state index in [1.807, 2.05) is 0 Å². The van der Waals surface area contributed by atoms with Crippen molar-refractivity contribution in [2.24, 2.45) is 5.92 Å². The van der Waals surface area contributed by atoms with Gasteiger partial charge < -0.3 is 14.6 Å². The molecule has 1 fully saturated rings. The average Bonchev–Trinajstić information content (AvgIpc) is 2.89. The molecule has 0 aliphatic carbocycles. The van der Waals surface area contributed by atoms with E-state index in [1.165, 1.54) is 7.11 Å². The zero-order valence-electron chi connectivity index (χ0n) is 8.97. The number of nitrogens with zero attached hydrogens (tertiary/aromatic N) is 2. The van der Waals surface area contributed by atoms with Crippen molar-refractivity contribution >= 4 is 11.9 Å². The Kier molecular flexibility index (Phi) is 2.89. The highest BCUT2D eigenvalue weighted by Crippen LogP contribution is 2.20. The average molecular weight is 223 g/mol. The van der Waals surface area contributed by atoms with Crippen LogP contribution < -0.4 is 0 Å². The number of carbonyl (C=O) groups is 2. The van der Waals surface area contributed by atoms with Crippen LogP contribution in [-0.2, 0) is 20.9 Å². The summed E-state index contributed by atoms with van der Waals surface area (Å²) in [4.78, 5) is 31.5. The predicted octanol–water partition coefficient (Wildman–Crippen LogP) is -0.0688. The Hall–Kier alpha value is -1.85. The summed E-state index contributed by atoms with van der Waals surface area (Å²) < 4.78 is 4.62. The Balaban J connectivity index is 1.97. The molecule has 0 bridgehead atoms. The van der Waals surface area contributed by atoms with Crippen LogP contribution >= 0.6 is 0 Å². The minimum Gasteiger partial charge on any atom is -0.469 e. The minimum atomic E-state index is -0.340. The van der Waals surface area contributed by atoms with Crippen molar-refractivity contribution in [3.8, 4) is 0 Å². The van der Waals surface area contributed by atoms with Crippen LogP contribution in [0.4, 0.5) is 0 Å². The van der Waals surface area contributed by atoms with Gasteiger partial charge in [0.15, 0.2) is 0 Å². The summed E-state index contributed by atoms with van der Waals surface area (Å²) in [7, 11) is 1.34. The van der Waals surface area contributed by atoms with Crippen LogP contribution in [-0.4, -0.2) is 40.4 Å². The summed E-state index contributed by atoms with van der Waals surface area (Å²) in [5.41, 5.74) is 0. The number of methoxy groups -OCH3 is 1. The summed E-state index contributed by atoms with van der Waals surface area (Å²) in [6, 6.07) is 0. The predicted molar refractivity (Wildman–Crippen MR) is 54.1 cm³/mol. The van der Waals surface area contributed by atoms with Gasteiger partial charge in [-0.2, -0.15) is 0 Å². The number of imidazole rings is 1. The SMILES string of the molecule is COC(=O)C1CC(=O)N(Cc2ncc[nH]2)C1. The van der Waals surface area contributed by atoms with E-state index < -0.39 is 0 Å². The van der Waals surface area contributed by atoms with Crippen LogP contribution in [0.3, 0.4) is 0 Å². The molecule has 1 aliphatic heterocycles. The molecule has 2 rings (SSSR count). The van der Waals surface area contributed by atoms with Gasteiger partial charge in [-0.05, 0) is 0 Å². The lowest BCUT2D eigenvalue weighted by Gasteiger charge is -2.14. The molecule has 1 saturated heterocycles. The first-order valence-electron chi connectivity index (χ1n) is 5.04. The molecule has 2 heterocycles. The van der Waals surface area contributed by atoms with Crippen molar-refractivity contribution < 1.29 is 14.3 Å². The van der Waals surface area contributed by atoms with Crippen molar-refractivity contribution in [2.45, 2.75) is 13.0 Å². The first kappa shape index (κ1) is 10.7. The number of hydrogen-bond donors (Lipinski definition) is 1. The molecule has 0 radical (unpaired) electrons. The second kappa shape index (κ2) is 4.34. The Morgan fingerprint density at radius 2 is 2.56 bits per heavy atom. The summed E-state index contributed by atoms with van der Waals surface area (Å²) in [6.45, 7) is 0.825. The van der Waals surface area contributed by atoms with Crippen molar-refractivity contribution in [3.05, 3.63) is 18.2 Å². The van der Waals surface area contributed by atoms with Gasteiger partial charge in [-0.15, -0.1) is 0 Å². The smallest absolute Gasteiger partial charge is 0.310 e. The maximum atomic E-state index is 11.6. The van der Waals surface area contributed by atoms with E-state index in [9.17, 15) is 9.59 Å². The fourth-order valence-corrected chi connectivity index (χ4v) is 1.81. The molecule has 6 nitrogen and oxygen atoms in total. The second-order valence-electron chi connectivity index (χ2n) is 3.73. The molecule has 0 aromatic carbocycles. The number of nitrogens with one attached hydrogen (secondary N) is 1. The molecular weight excluding hydrogens is 210 g/mol. The third kappa shape index (κ3) is 2.05. The molecule has 0 spiro atoms. The number of likely N-dealkylation sites (tertiary alicyclic amines) is 1. The van der Waals surface area contributed by atoms with Gasteiger partial charge in [0.05, 0.1) is 19.6 Å². The lowest BCUT2D eigenvalue weighted by Crippen LogP contribution is -2.26. The standard InChI is InChI=1S/C10H13N3O3/c1-16-10(15)7-4-9(14)13(5-7)6-8-11-2-3-12-8/h2-3,7H,4-6H2,1H3,(H,11,12). The monoisotopic (exact) mass is 223 g/mol. The number of aromatic nitrogens is 2. The molecule has 1 aromatic heterocycles. The van der Waals surface area contributed by atoms with E-state index in [0.29, 0.717) is 13.1 Å². The van der Waals surface area contributed by atoms with E-state index in [0.717, 1.165) is 5.82 Å². The van der Waals surface area contributed by atoms with E-state index in [1.54, 1.807) is 17.3 Å². The molecule has 1 N–H and O–H groups in total. The van der Waals surface area contributed by atoms with Gasteiger partial charge in [-0.1, -0.05) is 0 Å². The molecule has 86 valence electrons. The Labute approximate surface area is 92.6 Å². The van der Waals surface area contributed by atoms with Gasteiger partial charge in [0, 0.05) is 25.4 Å². The van der Waals surface area contributed by atoms with Gasteiger partial charge >= 0.3 is 5.97 Å². The van der Waals surface area contributed by atoms with Crippen molar-refractivity contribution in [3.63, 3.8) is 0 Å². The number of H-pyrrole nitrogens is 1. The first-order chi connectivity index (χ1) is 7.70. The van der Waals surface area contributed by atoms with Crippen molar-refractivity contribution in [1.29, 1.82) is 0 Å². The largest absolute Gasteiger partial charge is 0.469 e. The Morgan fingerprint density at radius 1 is 1.75 bits per heavy atom. The van der Waals surface area contributed by atoms with E-state index in [4.69, 9.17) is 0 Å². The molecule has 1 aliphatic rings. The van der Waals surface area contributed by atoms with Crippen LogP contribution in [0.15, 0.2) is 12.4 Å². The number of ether oxygens (including phenoxy) is 1. The Bertz CT molecular complexity index is 388. The quantitative estimate of drug-likeness (QED) is 0.728. The summed E-state index contributed by atoms with van der Waals surface area (Å²) >= 11 is 0. The first-order valence-corrected chi connectivity index (χ1v) is 5.04. The summed E-state index contributed by atoms with van der Waals surface area (Å²) in [5, 5.41) is 0. The Morgan fingerprint density at radius 3 is 3.19 bits per heavy atom. The number of aromatic amines is 1. The van der Waals surface area contributed by atoms with Crippen molar-refractivity contribution in [2.75, 3.05) is 13.7 Å². The highest BCUT2D eigenvalue weighted by Gasteiger charge is 2.35. The van der Waals surface area contributed by atoms with Crippen LogP contribution in [0.5, 0.6) is 0 Å². The molecule has 1 amide bonds. The van der Waals surface area contributed by atoms with E-state index >= 15 is 0 Å². The fourth-order valence-electron chi connectivity index (χ4n) is 1.81. The van der Waals surface area contributed by atoms with Gasteiger partial charge in [0.25, 0.3) is 0 Å². The van der Waals surface area contributed by atoms with Crippen LogP contribution in [0.25, 0.3) is 0 Å². The molecule has 6 heteroatoms. The lowest BCUT2D eigenvalue weighted by molar-refractivity contribution is -0.145. The van der Waals surface area contributed by atoms with Crippen LogP contribution in [0.1, 0.15) is 12.2 Å². The van der Waals surface area contributed by atoms with Gasteiger partial charge in [0.2, 0.25) is 5.91 Å². The van der Waals surface area contributed by atoms with E-state index in [-0.39, 0.29) is 24.2 Å². The maximum absolute atomic E-state index is 11.6. The van der Waals surface area contributed by atoms with Crippen LogP contribution in [0.2, 0.25) is 0 Å². The molecule has 1 unspecified atom stereocenters. The lowest BCUT2D eigenvalue weighted by atomic mass is 10.1. The summed E-state index contributed by atoms with van der Waals surface area (Å²) in [6.07, 6.45) is 3.56. The molecule has 1 atom stereocenters. The number of amides is 1. The molecule has 1 aromatic rings.